The maximum Gasteiger partial charge on any atom is 0.270 e. The van der Waals surface area contributed by atoms with E-state index >= 15 is 0 Å². The molecule has 0 aliphatic rings. The standard InChI is InChI=1S/C17H12Cl3NO/c1-10-12-4-2-3-5-15(12)21(17(22)16(10)20)9-11-6-7-13(18)14(19)8-11/h2-8H,9H2,1H3. The van der Waals surface area contributed by atoms with Crippen molar-refractivity contribution >= 4 is 45.7 Å². The first-order valence-electron chi connectivity index (χ1n) is 6.70. The van der Waals surface area contributed by atoms with Crippen LogP contribution in [0.1, 0.15) is 11.1 Å². The lowest BCUT2D eigenvalue weighted by atomic mass is 10.1. The van der Waals surface area contributed by atoms with Gasteiger partial charge in [-0.05, 0) is 36.2 Å². The Kier molecular flexibility index (Phi) is 4.18. The van der Waals surface area contributed by atoms with E-state index in [-0.39, 0.29) is 10.6 Å². The van der Waals surface area contributed by atoms with Crippen molar-refractivity contribution in [1.82, 2.24) is 4.57 Å². The molecule has 0 amide bonds. The molecule has 0 radical (unpaired) electrons. The Bertz CT molecular complexity index is 931. The van der Waals surface area contributed by atoms with E-state index in [2.05, 4.69) is 0 Å². The number of aryl methyl sites for hydroxylation is 1. The van der Waals surface area contributed by atoms with Crippen molar-refractivity contribution in [3.05, 3.63) is 79.0 Å². The molecule has 0 N–H and O–H groups in total. The molecule has 1 aromatic heterocycles. The lowest BCUT2D eigenvalue weighted by Crippen LogP contribution is -2.22. The molecule has 0 fully saturated rings. The fourth-order valence-electron chi connectivity index (χ4n) is 2.51. The molecular weight excluding hydrogens is 341 g/mol. The maximum absolute atomic E-state index is 12.5. The normalized spacial score (nSPS) is 11.1. The summed E-state index contributed by atoms with van der Waals surface area (Å²) in [6, 6.07) is 13.0. The number of nitrogens with zero attached hydrogens (tertiary/aromatic N) is 1. The zero-order valence-electron chi connectivity index (χ0n) is 11.7. The van der Waals surface area contributed by atoms with Gasteiger partial charge in [0.2, 0.25) is 0 Å². The lowest BCUT2D eigenvalue weighted by molar-refractivity contribution is 0.793. The van der Waals surface area contributed by atoms with Crippen LogP contribution < -0.4 is 5.56 Å². The molecule has 0 spiro atoms. The van der Waals surface area contributed by atoms with Crippen LogP contribution in [0.25, 0.3) is 10.9 Å². The minimum absolute atomic E-state index is 0.205. The van der Waals surface area contributed by atoms with Crippen LogP contribution in [-0.2, 0) is 6.54 Å². The maximum atomic E-state index is 12.5. The van der Waals surface area contributed by atoms with Crippen molar-refractivity contribution in [3.8, 4) is 0 Å². The van der Waals surface area contributed by atoms with Crippen molar-refractivity contribution in [1.29, 1.82) is 0 Å². The highest BCUT2D eigenvalue weighted by molar-refractivity contribution is 6.42. The number of pyridine rings is 1. The second-order valence-corrected chi connectivity index (χ2v) is 6.29. The summed E-state index contributed by atoms with van der Waals surface area (Å²) in [5.74, 6) is 0. The van der Waals surface area contributed by atoms with E-state index in [4.69, 9.17) is 34.8 Å². The SMILES string of the molecule is Cc1c(Cl)c(=O)n(Cc2ccc(Cl)c(Cl)c2)c2ccccc12. The number of fused-ring (bicyclic) bond motifs is 1. The summed E-state index contributed by atoms with van der Waals surface area (Å²) in [4.78, 5) is 12.5. The van der Waals surface area contributed by atoms with Gasteiger partial charge >= 0.3 is 0 Å². The van der Waals surface area contributed by atoms with E-state index in [0.717, 1.165) is 22.0 Å². The van der Waals surface area contributed by atoms with Crippen LogP contribution in [0.4, 0.5) is 0 Å². The van der Waals surface area contributed by atoms with Gasteiger partial charge in [-0.2, -0.15) is 0 Å². The topological polar surface area (TPSA) is 22.0 Å². The molecule has 0 aliphatic heterocycles. The van der Waals surface area contributed by atoms with Crippen molar-refractivity contribution in [2.75, 3.05) is 0 Å². The molecule has 3 rings (SSSR count). The zero-order valence-corrected chi connectivity index (χ0v) is 14.0. The molecule has 2 nitrogen and oxygen atoms in total. The number of hydrogen-bond donors (Lipinski definition) is 0. The Balaban J connectivity index is 2.22. The Labute approximate surface area is 142 Å². The average molecular weight is 353 g/mol. The van der Waals surface area contributed by atoms with Gasteiger partial charge in [-0.25, -0.2) is 0 Å². The zero-order chi connectivity index (χ0) is 15.9. The Morgan fingerprint density at radius 2 is 1.73 bits per heavy atom. The minimum Gasteiger partial charge on any atom is -0.303 e. The first kappa shape index (κ1) is 15.4. The van der Waals surface area contributed by atoms with E-state index in [0.29, 0.717) is 16.6 Å². The summed E-state index contributed by atoms with van der Waals surface area (Å²) < 4.78 is 1.66. The van der Waals surface area contributed by atoms with Crippen molar-refractivity contribution in [2.24, 2.45) is 0 Å². The Morgan fingerprint density at radius 3 is 2.45 bits per heavy atom. The minimum atomic E-state index is -0.205. The first-order valence-corrected chi connectivity index (χ1v) is 7.84. The van der Waals surface area contributed by atoms with Crippen LogP contribution in [0.2, 0.25) is 15.1 Å². The van der Waals surface area contributed by atoms with Crippen molar-refractivity contribution in [2.45, 2.75) is 13.5 Å². The summed E-state index contributed by atoms with van der Waals surface area (Å²) in [5, 5.41) is 2.17. The van der Waals surface area contributed by atoms with Crippen molar-refractivity contribution in [3.63, 3.8) is 0 Å². The molecule has 2 aromatic carbocycles. The quantitative estimate of drug-likeness (QED) is 0.612. The van der Waals surface area contributed by atoms with E-state index < -0.39 is 0 Å². The van der Waals surface area contributed by atoms with Gasteiger partial charge in [0.15, 0.2) is 0 Å². The monoisotopic (exact) mass is 351 g/mol. The molecule has 3 aromatic rings. The van der Waals surface area contributed by atoms with Gasteiger partial charge in [-0.15, -0.1) is 0 Å². The first-order chi connectivity index (χ1) is 10.5. The molecule has 5 heteroatoms. The number of hydrogen-bond acceptors (Lipinski definition) is 1. The molecule has 0 saturated heterocycles. The molecule has 112 valence electrons. The molecule has 0 aliphatic carbocycles. The largest absolute Gasteiger partial charge is 0.303 e. The molecule has 0 saturated carbocycles. The van der Waals surface area contributed by atoms with Gasteiger partial charge < -0.3 is 4.57 Å². The number of aromatic nitrogens is 1. The number of halogens is 3. The van der Waals surface area contributed by atoms with Gasteiger partial charge in [0, 0.05) is 5.39 Å². The number of para-hydroxylation sites is 1. The Hall–Kier alpha value is -1.48. The third-order valence-electron chi connectivity index (χ3n) is 3.69. The molecule has 22 heavy (non-hydrogen) atoms. The highest BCUT2D eigenvalue weighted by Gasteiger charge is 2.12. The predicted octanol–water partition coefficient (Wildman–Crippen LogP) is 5.32. The summed E-state index contributed by atoms with van der Waals surface area (Å²) >= 11 is 18.2. The van der Waals surface area contributed by atoms with E-state index in [1.807, 2.05) is 37.3 Å². The smallest absolute Gasteiger partial charge is 0.270 e. The van der Waals surface area contributed by atoms with Crippen LogP contribution in [0, 0.1) is 6.92 Å². The lowest BCUT2D eigenvalue weighted by Gasteiger charge is -2.14. The average Bonchev–Trinajstić information content (AvgIpc) is 2.53. The Morgan fingerprint density at radius 1 is 1.00 bits per heavy atom. The molecular formula is C17H12Cl3NO. The predicted molar refractivity (Wildman–Crippen MR) is 93.5 cm³/mol. The third-order valence-corrected chi connectivity index (χ3v) is 4.87. The fraction of sp³-hybridized carbons (Fsp3) is 0.118. The second kappa shape index (κ2) is 5.96. The fourth-order valence-corrected chi connectivity index (χ4v) is 3.03. The van der Waals surface area contributed by atoms with Gasteiger partial charge in [-0.1, -0.05) is 59.1 Å². The summed E-state index contributed by atoms with van der Waals surface area (Å²) in [6.45, 7) is 2.24. The third kappa shape index (κ3) is 2.63. The van der Waals surface area contributed by atoms with Crippen molar-refractivity contribution < 1.29 is 0 Å². The van der Waals surface area contributed by atoms with Crippen LogP contribution in [0.5, 0.6) is 0 Å². The number of rotatable bonds is 2. The van der Waals surface area contributed by atoms with Gasteiger partial charge in [0.25, 0.3) is 5.56 Å². The molecule has 0 atom stereocenters. The molecule has 0 bridgehead atoms. The van der Waals surface area contributed by atoms with Gasteiger partial charge in [0.05, 0.1) is 22.1 Å². The highest BCUT2D eigenvalue weighted by atomic mass is 35.5. The highest BCUT2D eigenvalue weighted by Crippen LogP contribution is 2.25. The summed E-state index contributed by atoms with van der Waals surface area (Å²) in [7, 11) is 0. The summed E-state index contributed by atoms with van der Waals surface area (Å²) in [6.07, 6.45) is 0. The number of benzene rings is 2. The van der Waals surface area contributed by atoms with Gasteiger partial charge in [0.1, 0.15) is 5.02 Å². The van der Waals surface area contributed by atoms with E-state index in [1.165, 1.54) is 0 Å². The van der Waals surface area contributed by atoms with E-state index in [1.54, 1.807) is 16.7 Å². The van der Waals surface area contributed by atoms with Crippen LogP contribution in [0.3, 0.4) is 0 Å². The molecule has 0 unspecified atom stereocenters. The second-order valence-electron chi connectivity index (χ2n) is 5.10. The van der Waals surface area contributed by atoms with Crippen LogP contribution >= 0.6 is 34.8 Å². The van der Waals surface area contributed by atoms with Crippen LogP contribution in [0.15, 0.2) is 47.3 Å². The van der Waals surface area contributed by atoms with E-state index in [9.17, 15) is 4.79 Å². The summed E-state index contributed by atoms with van der Waals surface area (Å²) in [5.41, 5.74) is 2.33. The molecule has 1 heterocycles. The van der Waals surface area contributed by atoms with Crippen LogP contribution in [-0.4, -0.2) is 4.57 Å². The van der Waals surface area contributed by atoms with Gasteiger partial charge in [-0.3, -0.25) is 4.79 Å².